The Kier molecular flexibility index (Phi) is 6.71. The van der Waals surface area contributed by atoms with Crippen molar-refractivity contribution >= 4 is 29.0 Å². The van der Waals surface area contributed by atoms with Gasteiger partial charge in [-0.1, -0.05) is 30.3 Å². The van der Waals surface area contributed by atoms with E-state index in [2.05, 4.69) is 20.9 Å². The highest BCUT2D eigenvalue weighted by molar-refractivity contribution is 6.06. The maximum Gasteiger partial charge on any atom is 0.280 e. The lowest BCUT2D eigenvalue weighted by molar-refractivity contribution is -0.116. The van der Waals surface area contributed by atoms with E-state index in [0.29, 0.717) is 17.2 Å². The second kappa shape index (κ2) is 9.61. The minimum absolute atomic E-state index is 0.0294. The van der Waals surface area contributed by atoms with Crippen LogP contribution in [0.25, 0.3) is 0 Å². The van der Waals surface area contributed by atoms with E-state index in [1.165, 1.54) is 18.9 Å². The average molecular weight is 424 g/mol. The second-order valence-electron chi connectivity index (χ2n) is 6.56. The van der Waals surface area contributed by atoms with Gasteiger partial charge in [-0.2, -0.15) is 0 Å². The number of ether oxygens (including phenoxy) is 2. The van der Waals surface area contributed by atoms with Crippen molar-refractivity contribution in [1.29, 1.82) is 0 Å². The first-order chi connectivity index (χ1) is 15.0. The summed E-state index contributed by atoms with van der Waals surface area (Å²) >= 11 is 0. The summed E-state index contributed by atoms with van der Waals surface area (Å²) in [5, 5.41) is 13.2. The zero-order valence-corrected chi connectivity index (χ0v) is 17.5. The van der Waals surface area contributed by atoms with Crippen LogP contribution < -0.4 is 25.8 Å². The standard InChI is InChI=1S/C21H24N6O4/c1-4-13-7-5-6-8-15(13)23-18(28)12-27-20(22)19(25-26-27)21(29)24-16-11-14(30-2)9-10-17(16)31-3/h5-11H,4,12,22H2,1-3H3,(H,23,28)(H,24,29). The maximum absolute atomic E-state index is 12.7. The number of nitrogen functional groups attached to an aromatic ring is 1. The number of nitrogens with zero attached hydrogens (tertiary/aromatic N) is 3. The summed E-state index contributed by atoms with van der Waals surface area (Å²) in [4.78, 5) is 25.1. The number of carbonyl (C=O) groups is 2. The fourth-order valence-corrected chi connectivity index (χ4v) is 2.97. The summed E-state index contributed by atoms with van der Waals surface area (Å²) < 4.78 is 11.6. The Hall–Kier alpha value is -4.08. The third-order valence-electron chi connectivity index (χ3n) is 4.61. The van der Waals surface area contributed by atoms with Crippen molar-refractivity contribution in [3.63, 3.8) is 0 Å². The fraction of sp³-hybridized carbons (Fsp3) is 0.238. The Balaban J connectivity index is 1.72. The molecule has 10 heteroatoms. The third-order valence-corrected chi connectivity index (χ3v) is 4.61. The lowest BCUT2D eigenvalue weighted by Gasteiger charge is -2.11. The number of methoxy groups -OCH3 is 2. The molecule has 2 amide bonds. The highest BCUT2D eigenvalue weighted by Crippen LogP contribution is 2.29. The van der Waals surface area contributed by atoms with E-state index in [-0.39, 0.29) is 24.0 Å². The first kappa shape index (κ1) is 21.6. The molecule has 31 heavy (non-hydrogen) atoms. The van der Waals surface area contributed by atoms with Crippen LogP contribution in [0.15, 0.2) is 42.5 Å². The minimum Gasteiger partial charge on any atom is -0.497 e. The maximum atomic E-state index is 12.7. The molecule has 162 valence electrons. The van der Waals surface area contributed by atoms with Crippen LogP contribution in [0.3, 0.4) is 0 Å². The Morgan fingerprint density at radius 2 is 1.84 bits per heavy atom. The van der Waals surface area contributed by atoms with Gasteiger partial charge in [0.2, 0.25) is 5.91 Å². The van der Waals surface area contributed by atoms with Crippen LogP contribution in [0, 0.1) is 0 Å². The lowest BCUT2D eigenvalue weighted by Crippen LogP contribution is -2.22. The predicted octanol–water partition coefficient (Wildman–Crippen LogP) is 2.33. The molecule has 0 saturated carbocycles. The van der Waals surface area contributed by atoms with Gasteiger partial charge in [-0.05, 0) is 30.2 Å². The molecule has 1 heterocycles. The Morgan fingerprint density at radius 1 is 1.06 bits per heavy atom. The van der Waals surface area contributed by atoms with Crippen LogP contribution in [-0.2, 0) is 17.8 Å². The van der Waals surface area contributed by atoms with Crippen LogP contribution in [-0.4, -0.2) is 41.0 Å². The Morgan fingerprint density at radius 3 is 2.55 bits per heavy atom. The van der Waals surface area contributed by atoms with Gasteiger partial charge in [-0.15, -0.1) is 5.10 Å². The van der Waals surface area contributed by atoms with Gasteiger partial charge in [-0.3, -0.25) is 9.59 Å². The number of carbonyl (C=O) groups excluding carboxylic acids is 2. The largest absolute Gasteiger partial charge is 0.497 e. The van der Waals surface area contributed by atoms with Crippen LogP contribution >= 0.6 is 0 Å². The third kappa shape index (κ3) is 4.92. The molecule has 3 aromatic rings. The van der Waals surface area contributed by atoms with Crippen LogP contribution in [0.4, 0.5) is 17.2 Å². The molecule has 0 bridgehead atoms. The predicted molar refractivity (Wildman–Crippen MR) is 116 cm³/mol. The SMILES string of the molecule is CCc1ccccc1NC(=O)Cn1nnc(C(=O)Nc2cc(OC)ccc2OC)c1N. The molecule has 0 radical (unpaired) electrons. The van der Waals surface area contributed by atoms with E-state index in [4.69, 9.17) is 15.2 Å². The van der Waals surface area contributed by atoms with Crippen molar-refractivity contribution in [1.82, 2.24) is 15.0 Å². The van der Waals surface area contributed by atoms with E-state index in [0.717, 1.165) is 17.7 Å². The van der Waals surface area contributed by atoms with Gasteiger partial charge < -0.3 is 25.8 Å². The zero-order chi connectivity index (χ0) is 22.4. The van der Waals surface area contributed by atoms with Gasteiger partial charge in [0, 0.05) is 11.8 Å². The van der Waals surface area contributed by atoms with Gasteiger partial charge in [0.15, 0.2) is 11.5 Å². The van der Waals surface area contributed by atoms with Crippen molar-refractivity contribution in [2.45, 2.75) is 19.9 Å². The number of nitrogens with one attached hydrogen (secondary N) is 2. The molecule has 10 nitrogen and oxygen atoms in total. The number of hydrogen-bond donors (Lipinski definition) is 3. The van der Waals surface area contributed by atoms with Gasteiger partial charge in [0.05, 0.1) is 19.9 Å². The molecular formula is C21H24N6O4. The highest BCUT2D eigenvalue weighted by Gasteiger charge is 2.20. The minimum atomic E-state index is -0.591. The van der Waals surface area contributed by atoms with Crippen LogP contribution in [0.2, 0.25) is 0 Å². The van der Waals surface area contributed by atoms with Crippen LogP contribution in [0.5, 0.6) is 11.5 Å². The number of amides is 2. The van der Waals surface area contributed by atoms with Gasteiger partial charge >= 0.3 is 0 Å². The summed E-state index contributed by atoms with van der Waals surface area (Å²) in [5.41, 5.74) is 8.03. The van der Waals surface area contributed by atoms with E-state index in [9.17, 15) is 9.59 Å². The molecule has 0 saturated heterocycles. The number of para-hydroxylation sites is 1. The van der Waals surface area contributed by atoms with E-state index in [1.807, 2.05) is 31.2 Å². The van der Waals surface area contributed by atoms with Crippen molar-refractivity contribution in [2.75, 3.05) is 30.6 Å². The Bertz CT molecular complexity index is 1100. The van der Waals surface area contributed by atoms with E-state index < -0.39 is 5.91 Å². The molecule has 0 aliphatic rings. The fourth-order valence-electron chi connectivity index (χ4n) is 2.97. The Labute approximate surface area is 179 Å². The first-order valence-corrected chi connectivity index (χ1v) is 9.56. The number of hydrogen-bond acceptors (Lipinski definition) is 7. The molecule has 3 rings (SSSR count). The first-order valence-electron chi connectivity index (χ1n) is 9.56. The molecular weight excluding hydrogens is 400 g/mol. The summed E-state index contributed by atoms with van der Waals surface area (Å²) in [6.45, 7) is 1.81. The number of benzene rings is 2. The van der Waals surface area contributed by atoms with E-state index >= 15 is 0 Å². The molecule has 4 N–H and O–H groups in total. The lowest BCUT2D eigenvalue weighted by atomic mass is 10.1. The molecule has 0 aliphatic heterocycles. The number of rotatable bonds is 8. The second-order valence-corrected chi connectivity index (χ2v) is 6.56. The summed E-state index contributed by atoms with van der Waals surface area (Å²) in [6.07, 6.45) is 0.778. The number of aryl methyl sites for hydroxylation is 1. The number of aromatic nitrogens is 3. The summed E-state index contributed by atoms with van der Waals surface area (Å²) in [6, 6.07) is 12.5. The van der Waals surface area contributed by atoms with Crippen molar-refractivity contribution in [3.05, 3.63) is 53.7 Å². The molecule has 0 spiro atoms. The summed E-state index contributed by atoms with van der Waals surface area (Å²) in [5.74, 6) is 0.0232. The topological polar surface area (TPSA) is 133 Å². The molecule has 2 aromatic carbocycles. The normalized spacial score (nSPS) is 10.4. The average Bonchev–Trinajstić information content (AvgIpc) is 3.14. The molecule has 0 fully saturated rings. The molecule has 0 atom stereocenters. The monoisotopic (exact) mass is 424 g/mol. The molecule has 1 aromatic heterocycles. The zero-order valence-electron chi connectivity index (χ0n) is 17.5. The molecule has 0 aliphatic carbocycles. The van der Waals surface area contributed by atoms with Crippen LogP contribution in [0.1, 0.15) is 23.0 Å². The quantitative estimate of drug-likeness (QED) is 0.505. The molecule has 0 unspecified atom stereocenters. The van der Waals surface area contributed by atoms with Crippen molar-refractivity contribution < 1.29 is 19.1 Å². The number of anilines is 3. The summed E-state index contributed by atoms with van der Waals surface area (Å²) in [7, 11) is 3.00. The van der Waals surface area contributed by atoms with Crippen molar-refractivity contribution in [2.24, 2.45) is 0 Å². The van der Waals surface area contributed by atoms with Gasteiger partial charge in [0.25, 0.3) is 5.91 Å². The van der Waals surface area contributed by atoms with E-state index in [1.54, 1.807) is 18.2 Å². The number of nitrogens with two attached hydrogens (primary N) is 1. The van der Waals surface area contributed by atoms with Gasteiger partial charge in [0.1, 0.15) is 18.0 Å². The van der Waals surface area contributed by atoms with Crippen molar-refractivity contribution in [3.8, 4) is 11.5 Å². The smallest absolute Gasteiger partial charge is 0.280 e. The highest BCUT2D eigenvalue weighted by atomic mass is 16.5. The van der Waals surface area contributed by atoms with Gasteiger partial charge in [-0.25, -0.2) is 4.68 Å².